The lowest BCUT2D eigenvalue weighted by Gasteiger charge is -2.38. The fourth-order valence-corrected chi connectivity index (χ4v) is 3.44. The van der Waals surface area contributed by atoms with Crippen LogP contribution in [0.25, 0.3) is 0 Å². The van der Waals surface area contributed by atoms with E-state index in [-0.39, 0.29) is 17.9 Å². The summed E-state index contributed by atoms with van der Waals surface area (Å²) < 4.78 is 0. The molecule has 2 amide bonds. The molecular formula is C14H24N4O2. The van der Waals surface area contributed by atoms with E-state index in [0.717, 1.165) is 52.1 Å². The highest BCUT2D eigenvalue weighted by molar-refractivity contribution is 5.81. The summed E-state index contributed by atoms with van der Waals surface area (Å²) in [5.41, 5.74) is 0. The van der Waals surface area contributed by atoms with Gasteiger partial charge >= 0.3 is 0 Å². The molecule has 1 unspecified atom stereocenters. The molecule has 112 valence electrons. The number of rotatable bonds is 2. The second-order valence-electron chi connectivity index (χ2n) is 6.00. The Labute approximate surface area is 120 Å². The van der Waals surface area contributed by atoms with E-state index in [4.69, 9.17) is 0 Å². The Morgan fingerprint density at radius 1 is 1.20 bits per heavy atom. The first kappa shape index (κ1) is 13.8. The van der Waals surface area contributed by atoms with Crippen molar-refractivity contribution in [3.63, 3.8) is 0 Å². The summed E-state index contributed by atoms with van der Waals surface area (Å²) in [6.45, 7) is 6.66. The van der Waals surface area contributed by atoms with Gasteiger partial charge in [0.1, 0.15) is 0 Å². The molecule has 3 heterocycles. The highest BCUT2D eigenvalue weighted by atomic mass is 16.2. The fraction of sp³-hybridized carbons (Fsp3) is 0.857. The normalized spacial score (nSPS) is 28.4. The molecule has 0 aromatic heterocycles. The van der Waals surface area contributed by atoms with Crippen molar-refractivity contribution in [2.75, 3.05) is 52.4 Å². The van der Waals surface area contributed by atoms with Gasteiger partial charge in [-0.25, -0.2) is 0 Å². The zero-order valence-electron chi connectivity index (χ0n) is 12.0. The summed E-state index contributed by atoms with van der Waals surface area (Å²) in [7, 11) is 0. The van der Waals surface area contributed by atoms with Crippen LogP contribution in [0.15, 0.2) is 0 Å². The maximum absolute atomic E-state index is 12.4. The number of hydrogen-bond donors (Lipinski definition) is 1. The first-order valence-corrected chi connectivity index (χ1v) is 7.74. The topological polar surface area (TPSA) is 55.9 Å². The predicted octanol–water partition coefficient (Wildman–Crippen LogP) is -0.885. The van der Waals surface area contributed by atoms with Crippen LogP contribution in [0.4, 0.5) is 0 Å². The van der Waals surface area contributed by atoms with Crippen LogP contribution < -0.4 is 5.32 Å². The Morgan fingerprint density at radius 3 is 3.00 bits per heavy atom. The van der Waals surface area contributed by atoms with Crippen molar-refractivity contribution in [3.05, 3.63) is 0 Å². The average molecular weight is 280 g/mol. The van der Waals surface area contributed by atoms with Crippen LogP contribution in [0.5, 0.6) is 0 Å². The molecule has 0 spiro atoms. The SMILES string of the molecule is O=C(CN1CCCNCC1)N1CCN2C(=O)CCC2C1. The first-order valence-electron chi connectivity index (χ1n) is 7.74. The molecule has 0 aromatic carbocycles. The minimum atomic E-state index is 0.228. The molecule has 3 rings (SSSR count). The number of amides is 2. The quantitative estimate of drug-likeness (QED) is 0.713. The number of carbonyl (C=O) groups is 2. The van der Waals surface area contributed by atoms with Crippen molar-refractivity contribution in [1.29, 1.82) is 0 Å². The standard InChI is InChI=1S/C14H24N4O2/c19-13-3-2-12-10-17(8-9-18(12)13)14(20)11-16-6-1-4-15-5-7-16/h12,15H,1-11H2. The molecule has 0 aliphatic carbocycles. The van der Waals surface area contributed by atoms with Gasteiger partial charge in [-0.1, -0.05) is 0 Å². The molecule has 3 saturated heterocycles. The van der Waals surface area contributed by atoms with Crippen LogP contribution in [0.2, 0.25) is 0 Å². The second kappa shape index (κ2) is 6.10. The molecule has 6 heteroatoms. The van der Waals surface area contributed by atoms with Crippen LogP contribution in [0.1, 0.15) is 19.3 Å². The van der Waals surface area contributed by atoms with Crippen molar-refractivity contribution in [2.45, 2.75) is 25.3 Å². The maximum atomic E-state index is 12.4. The molecule has 3 fully saturated rings. The van der Waals surface area contributed by atoms with Crippen molar-refractivity contribution in [2.24, 2.45) is 0 Å². The van der Waals surface area contributed by atoms with Crippen LogP contribution in [-0.4, -0.2) is 84.9 Å². The number of piperazine rings is 1. The van der Waals surface area contributed by atoms with Crippen LogP contribution in [-0.2, 0) is 9.59 Å². The van der Waals surface area contributed by atoms with E-state index in [1.54, 1.807) is 0 Å². The molecule has 20 heavy (non-hydrogen) atoms. The summed E-state index contributed by atoms with van der Waals surface area (Å²) in [5, 5.41) is 3.35. The molecule has 6 nitrogen and oxygen atoms in total. The van der Waals surface area contributed by atoms with Gasteiger partial charge in [0.2, 0.25) is 11.8 Å². The lowest BCUT2D eigenvalue weighted by Crippen LogP contribution is -2.55. The zero-order valence-corrected chi connectivity index (χ0v) is 12.0. The monoisotopic (exact) mass is 280 g/mol. The van der Waals surface area contributed by atoms with Gasteiger partial charge in [0.15, 0.2) is 0 Å². The molecule has 0 bridgehead atoms. The molecule has 0 saturated carbocycles. The Kier molecular flexibility index (Phi) is 4.21. The lowest BCUT2D eigenvalue weighted by molar-refractivity contribution is -0.139. The molecule has 0 aromatic rings. The maximum Gasteiger partial charge on any atom is 0.236 e. The molecule has 1 atom stereocenters. The van der Waals surface area contributed by atoms with Crippen molar-refractivity contribution >= 4 is 11.8 Å². The smallest absolute Gasteiger partial charge is 0.236 e. The Bertz CT molecular complexity index is 379. The van der Waals surface area contributed by atoms with E-state index in [1.807, 2.05) is 9.80 Å². The van der Waals surface area contributed by atoms with E-state index in [9.17, 15) is 9.59 Å². The third-order valence-corrected chi connectivity index (χ3v) is 4.64. The van der Waals surface area contributed by atoms with E-state index in [0.29, 0.717) is 19.5 Å². The average Bonchev–Trinajstić information content (AvgIpc) is 2.66. The Hall–Kier alpha value is -1.14. The number of fused-ring (bicyclic) bond motifs is 1. The highest BCUT2D eigenvalue weighted by Gasteiger charge is 2.36. The number of nitrogens with zero attached hydrogens (tertiary/aromatic N) is 3. The van der Waals surface area contributed by atoms with E-state index in [1.165, 1.54) is 0 Å². The van der Waals surface area contributed by atoms with Crippen LogP contribution >= 0.6 is 0 Å². The van der Waals surface area contributed by atoms with Gasteiger partial charge in [0.25, 0.3) is 0 Å². The Balaban J connectivity index is 1.51. The van der Waals surface area contributed by atoms with Gasteiger partial charge in [-0.2, -0.15) is 0 Å². The molecule has 1 N–H and O–H groups in total. The minimum absolute atomic E-state index is 0.228. The molecule has 3 aliphatic heterocycles. The zero-order chi connectivity index (χ0) is 13.9. The first-order chi connectivity index (χ1) is 9.74. The van der Waals surface area contributed by atoms with Gasteiger partial charge in [0.05, 0.1) is 6.54 Å². The predicted molar refractivity (Wildman–Crippen MR) is 75.2 cm³/mol. The number of nitrogens with one attached hydrogen (secondary N) is 1. The third kappa shape index (κ3) is 2.96. The summed E-state index contributed by atoms with van der Waals surface area (Å²) in [4.78, 5) is 30.2. The van der Waals surface area contributed by atoms with Gasteiger partial charge < -0.3 is 15.1 Å². The van der Waals surface area contributed by atoms with E-state index in [2.05, 4.69) is 10.2 Å². The molecule has 3 aliphatic rings. The van der Waals surface area contributed by atoms with Gasteiger partial charge in [0, 0.05) is 45.2 Å². The van der Waals surface area contributed by atoms with Gasteiger partial charge in [-0.05, 0) is 25.9 Å². The summed E-state index contributed by atoms with van der Waals surface area (Å²) in [5.74, 6) is 0.492. The molecule has 0 radical (unpaired) electrons. The van der Waals surface area contributed by atoms with Crippen molar-refractivity contribution in [1.82, 2.24) is 20.0 Å². The van der Waals surface area contributed by atoms with Crippen molar-refractivity contribution < 1.29 is 9.59 Å². The van der Waals surface area contributed by atoms with E-state index < -0.39 is 0 Å². The largest absolute Gasteiger partial charge is 0.338 e. The van der Waals surface area contributed by atoms with Crippen LogP contribution in [0.3, 0.4) is 0 Å². The molecular weight excluding hydrogens is 256 g/mol. The van der Waals surface area contributed by atoms with Crippen LogP contribution in [0, 0.1) is 0 Å². The number of hydrogen-bond acceptors (Lipinski definition) is 4. The summed E-state index contributed by atoms with van der Waals surface area (Å²) in [6.07, 6.45) is 2.68. The number of carbonyl (C=O) groups excluding carboxylic acids is 2. The second-order valence-corrected chi connectivity index (χ2v) is 6.00. The van der Waals surface area contributed by atoms with Gasteiger partial charge in [-0.3, -0.25) is 14.5 Å². The highest BCUT2D eigenvalue weighted by Crippen LogP contribution is 2.22. The lowest BCUT2D eigenvalue weighted by atomic mass is 10.1. The van der Waals surface area contributed by atoms with E-state index >= 15 is 0 Å². The summed E-state index contributed by atoms with van der Waals surface area (Å²) >= 11 is 0. The Morgan fingerprint density at radius 2 is 2.10 bits per heavy atom. The minimum Gasteiger partial charge on any atom is -0.338 e. The fourth-order valence-electron chi connectivity index (χ4n) is 3.44. The third-order valence-electron chi connectivity index (χ3n) is 4.64. The van der Waals surface area contributed by atoms with Crippen molar-refractivity contribution in [3.8, 4) is 0 Å². The summed E-state index contributed by atoms with van der Waals surface area (Å²) in [6, 6.07) is 0.269. The van der Waals surface area contributed by atoms with Gasteiger partial charge in [-0.15, -0.1) is 0 Å².